The predicted molar refractivity (Wildman–Crippen MR) is 70.5 cm³/mol. The highest BCUT2D eigenvalue weighted by Gasteiger charge is 2.33. The number of halogens is 3. The molecule has 1 saturated heterocycles. The summed E-state index contributed by atoms with van der Waals surface area (Å²) in [5.74, 6) is -0.827. The third-order valence-corrected chi connectivity index (χ3v) is 5.86. The molecule has 0 bridgehead atoms. The molecular weight excluding hydrogens is 347 g/mol. The molecule has 1 aliphatic heterocycles. The Morgan fingerprint density at radius 1 is 1.50 bits per heavy atom. The molecule has 0 radical (unpaired) electrons. The van der Waals surface area contributed by atoms with Crippen LogP contribution < -0.4 is 5.73 Å². The lowest BCUT2D eigenvalue weighted by Gasteiger charge is -2.16. The predicted octanol–water partition coefficient (Wildman–Crippen LogP) is 1.96. The molecule has 1 heterocycles. The molecule has 0 aromatic heterocycles. The van der Waals surface area contributed by atoms with Crippen LogP contribution in [0.1, 0.15) is 6.42 Å². The van der Waals surface area contributed by atoms with Crippen molar-refractivity contribution < 1.29 is 12.8 Å². The van der Waals surface area contributed by atoms with Gasteiger partial charge in [-0.3, -0.25) is 0 Å². The summed E-state index contributed by atoms with van der Waals surface area (Å²) in [6, 6.07) is 1.96. The van der Waals surface area contributed by atoms with Crippen LogP contribution >= 0.6 is 27.5 Å². The summed E-state index contributed by atoms with van der Waals surface area (Å²) in [5, 5.41) is 0.151. The van der Waals surface area contributed by atoms with E-state index in [-0.39, 0.29) is 17.6 Å². The maximum atomic E-state index is 13.8. The van der Waals surface area contributed by atoms with Crippen molar-refractivity contribution in [1.29, 1.82) is 0 Å². The Hall–Kier alpha value is -0.210. The molecule has 2 N–H and O–H groups in total. The second-order valence-electron chi connectivity index (χ2n) is 4.11. The maximum Gasteiger partial charge on any atom is 0.246 e. The number of hydrogen-bond acceptors (Lipinski definition) is 3. The Morgan fingerprint density at radius 3 is 2.72 bits per heavy atom. The fourth-order valence-electron chi connectivity index (χ4n) is 1.81. The lowest BCUT2D eigenvalue weighted by Crippen LogP contribution is -2.32. The minimum atomic E-state index is -3.87. The van der Waals surface area contributed by atoms with Crippen LogP contribution in [-0.4, -0.2) is 31.9 Å². The van der Waals surface area contributed by atoms with E-state index in [9.17, 15) is 12.8 Å². The van der Waals surface area contributed by atoms with Gasteiger partial charge in [-0.15, -0.1) is 0 Å². The van der Waals surface area contributed by atoms with Crippen molar-refractivity contribution in [1.82, 2.24) is 4.31 Å². The fraction of sp³-hybridized carbons (Fsp3) is 0.400. The summed E-state index contributed by atoms with van der Waals surface area (Å²) >= 11 is 8.85. The van der Waals surface area contributed by atoms with E-state index in [1.807, 2.05) is 0 Å². The van der Waals surface area contributed by atoms with Gasteiger partial charge in [-0.25, -0.2) is 12.8 Å². The van der Waals surface area contributed by atoms with Gasteiger partial charge in [-0.1, -0.05) is 11.6 Å². The Kier molecular flexibility index (Phi) is 3.99. The molecule has 0 aliphatic carbocycles. The summed E-state index contributed by atoms with van der Waals surface area (Å²) < 4.78 is 39.7. The van der Waals surface area contributed by atoms with Crippen LogP contribution in [0.25, 0.3) is 0 Å². The molecule has 8 heteroatoms. The van der Waals surface area contributed by atoms with E-state index in [1.54, 1.807) is 0 Å². The molecule has 0 spiro atoms. The molecule has 1 aromatic carbocycles. The Bertz CT molecular complexity index is 581. The summed E-state index contributed by atoms with van der Waals surface area (Å²) in [6.45, 7) is 0.506. The van der Waals surface area contributed by atoms with Crippen LogP contribution in [0, 0.1) is 5.82 Å². The average Bonchev–Trinajstić information content (AvgIpc) is 2.70. The molecule has 0 saturated carbocycles. The van der Waals surface area contributed by atoms with Gasteiger partial charge in [0.1, 0.15) is 10.7 Å². The van der Waals surface area contributed by atoms with Gasteiger partial charge in [0.25, 0.3) is 0 Å². The lowest BCUT2D eigenvalue weighted by atomic mass is 10.3. The standard InChI is InChI=1S/C10H11BrClFN2O2S/c11-7-3-9(13)10(4-8(7)12)18(16,17)15-2-1-6(14)5-15/h3-4,6H,1-2,5,14H2/t6-/m1/s1. The summed E-state index contributed by atoms with van der Waals surface area (Å²) in [6.07, 6.45) is 0.575. The van der Waals surface area contributed by atoms with Gasteiger partial charge in [0.05, 0.1) is 5.02 Å². The highest BCUT2D eigenvalue weighted by molar-refractivity contribution is 9.10. The van der Waals surface area contributed by atoms with E-state index >= 15 is 0 Å². The second kappa shape index (κ2) is 5.05. The molecular formula is C10H11BrClFN2O2S. The first-order chi connectivity index (χ1) is 8.32. The molecule has 2 rings (SSSR count). The number of rotatable bonds is 2. The molecule has 4 nitrogen and oxygen atoms in total. The third-order valence-electron chi connectivity index (χ3n) is 2.78. The van der Waals surface area contributed by atoms with Crippen LogP contribution in [-0.2, 0) is 10.0 Å². The number of sulfonamides is 1. The maximum absolute atomic E-state index is 13.8. The number of nitrogens with two attached hydrogens (primary N) is 1. The Labute approximate surface area is 118 Å². The van der Waals surface area contributed by atoms with Gasteiger partial charge in [-0.05, 0) is 34.5 Å². The first kappa shape index (κ1) is 14.2. The topological polar surface area (TPSA) is 63.4 Å². The van der Waals surface area contributed by atoms with Crippen molar-refractivity contribution in [3.05, 3.63) is 27.4 Å². The minimum absolute atomic E-state index is 0.151. The lowest BCUT2D eigenvalue weighted by molar-refractivity contribution is 0.465. The first-order valence-electron chi connectivity index (χ1n) is 5.22. The molecule has 1 aromatic rings. The SMILES string of the molecule is N[C@@H]1CCN(S(=O)(=O)c2cc(Cl)c(Br)cc2F)C1. The number of benzene rings is 1. The van der Waals surface area contributed by atoms with Crippen molar-refractivity contribution in [2.45, 2.75) is 17.4 Å². The number of hydrogen-bond donors (Lipinski definition) is 1. The monoisotopic (exact) mass is 356 g/mol. The molecule has 0 amide bonds. The van der Waals surface area contributed by atoms with Gasteiger partial charge in [-0.2, -0.15) is 4.31 Å². The third kappa shape index (κ3) is 2.55. The highest BCUT2D eigenvalue weighted by atomic mass is 79.9. The quantitative estimate of drug-likeness (QED) is 0.823. The molecule has 18 heavy (non-hydrogen) atoms. The Balaban J connectivity index is 2.45. The minimum Gasteiger partial charge on any atom is -0.326 e. The van der Waals surface area contributed by atoms with E-state index in [0.717, 1.165) is 12.1 Å². The normalized spacial score (nSPS) is 21.4. The van der Waals surface area contributed by atoms with Gasteiger partial charge in [0, 0.05) is 23.6 Å². The molecule has 1 atom stereocenters. The van der Waals surface area contributed by atoms with E-state index in [1.165, 1.54) is 4.31 Å². The van der Waals surface area contributed by atoms with Crippen LogP contribution in [0.5, 0.6) is 0 Å². The first-order valence-corrected chi connectivity index (χ1v) is 7.83. The van der Waals surface area contributed by atoms with Crippen LogP contribution in [0.3, 0.4) is 0 Å². The van der Waals surface area contributed by atoms with E-state index in [0.29, 0.717) is 17.4 Å². The summed E-state index contributed by atoms with van der Waals surface area (Å²) in [4.78, 5) is -0.412. The smallest absolute Gasteiger partial charge is 0.246 e. The van der Waals surface area contributed by atoms with E-state index in [4.69, 9.17) is 17.3 Å². The van der Waals surface area contributed by atoms with Gasteiger partial charge in [0.15, 0.2) is 0 Å². The molecule has 100 valence electrons. The van der Waals surface area contributed by atoms with Crippen LogP contribution in [0.15, 0.2) is 21.5 Å². The van der Waals surface area contributed by atoms with Crippen LogP contribution in [0.4, 0.5) is 4.39 Å². The molecule has 1 aliphatic rings. The van der Waals surface area contributed by atoms with Gasteiger partial charge >= 0.3 is 0 Å². The summed E-state index contributed by atoms with van der Waals surface area (Å²) in [5.41, 5.74) is 5.66. The van der Waals surface area contributed by atoms with Crippen molar-refractivity contribution in [2.75, 3.05) is 13.1 Å². The average molecular weight is 358 g/mol. The zero-order valence-corrected chi connectivity index (χ0v) is 12.4. The number of nitrogens with zero attached hydrogens (tertiary/aromatic N) is 1. The van der Waals surface area contributed by atoms with Crippen molar-refractivity contribution in [3.63, 3.8) is 0 Å². The largest absolute Gasteiger partial charge is 0.326 e. The second-order valence-corrected chi connectivity index (χ2v) is 7.28. The van der Waals surface area contributed by atoms with E-state index < -0.39 is 20.7 Å². The summed E-state index contributed by atoms with van der Waals surface area (Å²) in [7, 11) is -3.87. The van der Waals surface area contributed by atoms with E-state index in [2.05, 4.69) is 15.9 Å². The van der Waals surface area contributed by atoms with Crippen molar-refractivity contribution in [3.8, 4) is 0 Å². The van der Waals surface area contributed by atoms with Crippen molar-refractivity contribution >= 4 is 37.6 Å². The Morgan fingerprint density at radius 2 is 2.17 bits per heavy atom. The molecule has 1 fully saturated rings. The van der Waals surface area contributed by atoms with Gasteiger partial charge < -0.3 is 5.73 Å². The zero-order valence-electron chi connectivity index (χ0n) is 9.24. The fourth-order valence-corrected chi connectivity index (χ4v) is 3.94. The van der Waals surface area contributed by atoms with Crippen LogP contribution in [0.2, 0.25) is 5.02 Å². The van der Waals surface area contributed by atoms with Gasteiger partial charge in [0.2, 0.25) is 10.0 Å². The highest BCUT2D eigenvalue weighted by Crippen LogP contribution is 2.30. The zero-order chi connectivity index (χ0) is 13.5. The van der Waals surface area contributed by atoms with Crippen molar-refractivity contribution in [2.24, 2.45) is 5.73 Å². The molecule has 0 unspecified atom stereocenters.